The highest BCUT2D eigenvalue weighted by Crippen LogP contribution is 2.38. The van der Waals surface area contributed by atoms with Crippen molar-refractivity contribution in [3.63, 3.8) is 0 Å². The minimum absolute atomic E-state index is 0. The van der Waals surface area contributed by atoms with E-state index < -0.39 is 0 Å². The Balaban J connectivity index is 0.00000144. The second kappa shape index (κ2) is 7.63. The molecule has 2 heteroatoms. The first kappa shape index (κ1) is 15.3. The Kier molecular flexibility index (Phi) is 6.87. The van der Waals surface area contributed by atoms with Crippen molar-refractivity contribution in [2.24, 2.45) is 17.8 Å². The van der Waals surface area contributed by atoms with Gasteiger partial charge in [-0.25, -0.2) is 0 Å². The molecule has 2 fully saturated rings. The Bertz CT molecular complexity index is 205. The minimum Gasteiger partial charge on any atom is -0.303 e. The maximum absolute atomic E-state index is 2.72. The third-order valence-corrected chi connectivity index (χ3v) is 4.87. The molecule has 2 rings (SSSR count). The minimum atomic E-state index is 0. The number of hydrogen-bond donors (Lipinski definition) is 0. The van der Waals surface area contributed by atoms with Crippen molar-refractivity contribution in [1.82, 2.24) is 4.90 Å². The van der Waals surface area contributed by atoms with Crippen molar-refractivity contribution in [2.75, 3.05) is 19.6 Å². The fraction of sp³-hybridized carbons (Fsp3) is 1.00. The topological polar surface area (TPSA) is 3.24 Å². The Morgan fingerprint density at radius 3 is 2.53 bits per heavy atom. The predicted octanol–water partition coefficient (Wildman–Crippen LogP) is 4.36. The first-order valence-corrected chi connectivity index (χ1v) is 7.53. The van der Waals surface area contributed by atoms with Crippen LogP contribution in [0, 0.1) is 17.8 Å². The summed E-state index contributed by atoms with van der Waals surface area (Å²) < 4.78 is 0. The first-order valence-electron chi connectivity index (χ1n) is 7.53. The summed E-state index contributed by atoms with van der Waals surface area (Å²) in [7, 11) is 0. The molecule has 1 saturated carbocycles. The van der Waals surface area contributed by atoms with E-state index in [1.165, 1.54) is 64.6 Å². The average Bonchev–Trinajstić information content (AvgIpc) is 2.30. The summed E-state index contributed by atoms with van der Waals surface area (Å²) in [6.45, 7) is 8.92. The van der Waals surface area contributed by atoms with Gasteiger partial charge >= 0.3 is 0 Å². The van der Waals surface area contributed by atoms with Gasteiger partial charge in [0, 0.05) is 6.54 Å². The van der Waals surface area contributed by atoms with Crippen LogP contribution in [0.25, 0.3) is 0 Å². The van der Waals surface area contributed by atoms with E-state index in [4.69, 9.17) is 0 Å². The third kappa shape index (κ3) is 4.13. The summed E-state index contributed by atoms with van der Waals surface area (Å²) in [5.74, 6) is 3.07. The normalized spacial score (nSPS) is 35.3. The smallest absolute Gasteiger partial charge is 0.00124 e. The number of likely N-dealkylation sites (tertiary alicyclic amines) is 1. The largest absolute Gasteiger partial charge is 0.303 e. The molecule has 1 heterocycles. The van der Waals surface area contributed by atoms with Crippen molar-refractivity contribution in [1.29, 1.82) is 0 Å². The van der Waals surface area contributed by atoms with Gasteiger partial charge < -0.3 is 4.90 Å². The summed E-state index contributed by atoms with van der Waals surface area (Å²) in [5, 5.41) is 0. The fourth-order valence-corrected chi connectivity index (χ4v) is 4.01. The van der Waals surface area contributed by atoms with Crippen LogP contribution in [0.2, 0.25) is 0 Å². The monoisotopic (exact) mass is 259 g/mol. The molecule has 0 N–H and O–H groups in total. The molecule has 0 aromatic carbocycles. The summed E-state index contributed by atoms with van der Waals surface area (Å²) in [6.07, 6.45) is 10.3. The lowest BCUT2D eigenvalue weighted by Crippen LogP contribution is -2.40. The summed E-state index contributed by atoms with van der Waals surface area (Å²) >= 11 is 0. The second-order valence-corrected chi connectivity index (χ2v) is 6.13. The van der Waals surface area contributed by atoms with E-state index in [0.29, 0.717) is 0 Å². The quantitative estimate of drug-likeness (QED) is 0.728. The highest BCUT2D eigenvalue weighted by Gasteiger charge is 2.31. The summed E-state index contributed by atoms with van der Waals surface area (Å²) in [6, 6.07) is 0. The highest BCUT2D eigenvalue weighted by atomic mass is 35.5. The lowest BCUT2D eigenvalue weighted by atomic mass is 9.71. The van der Waals surface area contributed by atoms with Gasteiger partial charge in [0.1, 0.15) is 0 Å². The number of halogens is 1. The maximum Gasteiger partial charge on any atom is 0.00124 e. The number of piperidine rings is 1. The predicted molar refractivity (Wildman–Crippen MR) is 77.8 cm³/mol. The van der Waals surface area contributed by atoms with Gasteiger partial charge in [0.15, 0.2) is 0 Å². The molecular formula is C15H30ClN. The van der Waals surface area contributed by atoms with E-state index in [-0.39, 0.29) is 12.4 Å². The van der Waals surface area contributed by atoms with E-state index in [9.17, 15) is 0 Å². The van der Waals surface area contributed by atoms with Crippen LogP contribution in [-0.2, 0) is 0 Å². The lowest BCUT2D eigenvalue weighted by molar-refractivity contribution is 0.0861. The number of nitrogens with zero attached hydrogens (tertiary/aromatic N) is 1. The molecule has 2 aliphatic rings. The molecule has 1 nitrogen and oxygen atoms in total. The van der Waals surface area contributed by atoms with Crippen molar-refractivity contribution in [3.05, 3.63) is 0 Å². The number of hydrogen-bond acceptors (Lipinski definition) is 1. The fourth-order valence-electron chi connectivity index (χ4n) is 4.01. The van der Waals surface area contributed by atoms with Crippen molar-refractivity contribution in [3.8, 4) is 0 Å². The molecule has 102 valence electrons. The molecule has 3 unspecified atom stereocenters. The average molecular weight is 260 g/mol. The SMILES string of the molecule is CCCN1CCCC(C2CCCCC2C)C1.Cl. The van der Waals surface area contributed by atoms with Gasteiger partial charge in [-0.2, -0.15) is 0 Å². The number of rotatable bonds is 3. The molecule has 17 heavy (non-hydrogen) atoms. The van der Waals surface area contributed by atoms with Crippen LogP contribution in [0.5, 0.6) is 0 Å². The molecule has 1 aliphatic carbocycles. The lowest BCUT2D eigenvalue weighted by Gasteiger charge is -2.41. The van der Waals surface area contributed by atoms with Gasteiger partial charge in [-0.15, -0.1) is 12.4 Å². The van der Waals surface area contributed by atoms with Gasteiger partial charge in [0.2, 0.25) is 0 Å². The van der Waals surface area contributed by atoms with Crippen LogP contribution < -0.4 is 0 Å². The van der Waals surface area contributed by atoms with Crippen LogP contribution in [0.1, 0.15) is 58.8 Å². The van der Waals surface area contributed by atoms with Crippen LogP contribution in [0.4, 0.5) is 0 Å². The van der Waals surface area contributed by atoms with Crippen LogP contribution in [0.15, 0.2) is 0 Å². The zero-order valence-corrected chi connectivity index (χ0v) is 12.5. The second-order valence-electron chi connectivity index (χ2n) is 6.13. The molecule has 0 radical (unpaired) electrons. The van der Waals surface area contributed by atoms with Crippen LogP contribution >= 0.6 is 12.4 Å². The third-order valence-electron chi connectivity index (χ3n) is 4.87. The summed E-state index contributed by atoms with van der Waals surface area (Å²) in [4.78, 5) is 2.72. The van der Waals surface area contributed by atoms with Gasteiger partial charge in [-0.1, -0.05) is 33.1 Å². The van der Waals surface area contributed by atoms with Gasteiger partial charge in [0.05, 0.1) is 0 Å². The van der Waals surface area contributed by atoms with E-state index in [1.54, 1.807) is 0 Å². The highest BCUT2D eigenvalue weighted by molar-refractivity contribution is 5.85. The standard InChI is InChI=1S/C15H29N.ClH/c1-3-10-16-11-6-8-14(12-16)15-9-5-4-7-13(15)2;/h13-15H,3-12H2,1-2H3;1H. The first-order chi connectivity index (χ1) is 7.81. The molecule has 1 saturated heterocycles. The van der Waals surface area contributed by atoms with E-state index in [1.807, 2.05) is 0 Å². The molecule has 0 aromatic heterocycles. The van der Waals surface area contributed by atoms with Crippen LogP contribution in [-0.4, -0.2) is 24.5 Å². The zero-order chi connectivity index (χ0) is 11.4. The Hall–Kier alpha value is 0.250. The molecule has 3 atom stereocenters. The van der Waals surface area contributed by atoms with Crippen molar-refractivity contribution >= 4 is 12.4 Å². The van der Waals surface area contributed by atoms with Crippen LogP contribution in [0.3, 0.4) is 0 Å². The molecule has 0 bridgehead atoms. The molecule has 0 spiro atoms. The molecule has 0 amide bonds. The van der Waals surface area contributed by atoms with E-state index in [0.717, 1.165) is 17.8 Å². The van der Waals surface area contributed by atoms with E-state index >= 15 is 0 Å². The van der Waals surface area contributed by atoms with E-state index in [2.05, 4.69) is 18.7 Å². The van der Waals surface area contributed by atoms with Gasteiger partial charge in [-0.3, -0.25) is 0 Å². The van der Waals surface area contributed by atoms with Crippen molar-refractivity contribution in [2.45, 2.75) is 58.8 Å². The zero-order valence-electron chi connectivity index (χ0n) is 11.7. The molecule has 1 aliphatic heterocycles. The Morgan fingerprint density at radius 2 is 1.82 bits per heavy atom. The van der Waals surface area contributed by atoms with Gasteiger partial charge in [0.25, 0.3) is 0 Å². The Labute approximate surface area is 114 Å². The molecule has 0 aromatic rings. The van der Waals surface area contributed by atoms with Gasteiger partial charge in [-0.05, 0) is 56.5 Å². The Morgan fingerprint density at radius 1 is 1.06 bits per heavy atom. The van der Waals surface area contributed by atoms with Crippen molar-refractivity contribution < 1.29 is 0 Å². The maximum atomic E-state index is 2.72. The summed E-state index contributed by atoms with van der Waals surface area (Å²) in [5.41, 5.74) is 0. The molecular weight excluding hydrogens is 230 g/mol.